The minimum Gasteiger partial charge on any atom is -0.480 e. The molecule has 1 aliphatic heterocycles. The van der Waals surface area contributed by atoms with Crippen molar-refractivity contribution < 1.29 is 14.7 Å². The van der Waals surface area contributed by atoms with Gasteiger partial charge in [-0.05, 0) is 5.56 Å². The Morgan fingerprint density at radius 1 is 1.39 bits per heavy atom. The highest BCUT2D eigenvalue weighted by molar-refractivity contribution is 7.99. The Hall–Kier alpha value is -1.53. The molecule has 1 heterocycles. The average Bonchev–Trinajstić information content (AvgIpc) is 2.87. The number of carbonyl (C=O) groups is 2. The van der Waals surface area contributed by atoms with E-state index >= 15 is 0 Å². The van der Waals surface area contributed by atoms with E-state index in [-0.39, 0.29) is 5.91 Å². The molecule has 0 bridgehead atoms. The quantitative estimate of drug-likeness (QED) is 0.840. The van der Waals surface area contributed by atoms with E-state index in [1.807, 2.05) is 6.07 Å². The van der Waals surface area contributed by atoms with Gasteiger partial charge in [0.15, 0.2) is 0 Å². The third kappa shape index (κ3) is 2.49. The van der Waals surface area contributed by atoms with Gasteiger partial charge in [-0.15, -0.1) is 11.8 Å². The largest absolute Gasteiger partial charge is 0.480 e. The SMILES string of the molecule is NC(C(=O)N1CSCC1C(=O)O)c1ccccc1. The summed E-state index contributed by atoms with van der Waals surface area (Å²) in [5.41, 5.74) is 6.59. The molecule has 0 aromatic heterocycles. The summed E-state index contributed by atoms with van der Waals surface area (Å²) in [6, 6.07) is 7.41. The molecule has 1 aromatic carbocycles. The summed E-state index contributed by atoms with van der Waals surface area (Å²) in [6.07, 6.45) is 0. The van der Waals surface area contributed by atoms with Gasteiger partial charge in [-0.2, -0.15) is 0 Å². The van der Waals surface area contributed by atoms with Gasteiger partial charge in [0, 0.05) is 5.75 Å². The van der Waals surface area contributed by atoms with Gasteiger partial charge >= 0.3 is 5.97 Å². The number of rotatable bonds is 3. The number of nitrogens with two attached hydrogens (primary N) is 1. The number of carboxylic acids is 1. The molecule has 1 aromatic rings. The average molecular weight is 266 g/mol. The summed E-state index contributed by atoms with van der Waals surface area (Å²) in [6.45, 7) is 0. The van der Waals surface area contributed by atoms with Crippen molar-refractivity contribution in [2.45, 2.75) is 12.1 Å². The van der Waals surface area contributed by atoms with Gasteiger partial charge in [0.1, 0.15) is 12.1 Å². The number of hydrogen-bond donors (Lipinski definition) is 2. The molecule has 0 radical (unpaired) electrons. The van der Waals surface area contributed by atoms with Gasteiger partial charge < -0.3 is 15.7 Å². The Kier molecular flexibility index (Phi) is 3.88. The zero-order chi connectivity index (χ0) is 13.1. The molecule has 1 saturated heterocycles. The Morgan fingerprint density at radius 3 is 2.67 bits per heavy atom. The Bertz CT molecular complexity index is 452. The lowest BCUT2D eigenvalue weighted by atomic mass is 10.1. The van der Waals surface area contributed by atoms with E-state index in [0.717, 1.165) is 0 Å². The second-order valence-corrected chi connectivity index (χ2v) is 5.05. The first kappa shape index (κ1) is 12.9. The fourth-order valence-electron chi connectivity index (χ4n) is 1.85. The van der Waals surface area contributed by atoms with Crippen LogP contribution < -0.4 is 5.73 Å². The van der Waals surface area contributed by atoms with Crippen LogP contribution in [0.1, 0.15) is 11.6 Å². The highest BCUT2D eigenvalue weighted by Crippen LogP contribution is 2.24. The molecule has 0 aliphatic carbocycles. The molecule has 2 rings (SSSR count). The van der Waals surface area contributed by atoms with Crippen molar-refractivity contribution in [2.75, 3.05) is 11.6 Å². The molecule has 5 nitrogen and oxygen atoms in total. The van der Waals surface area contributed by atoms with Crippen molar-refractivity contribution in [3.05, 3.63) is 35.9 Å². The fourth-order valence-corrected chi connectivity index (χ4v) is 3.00. The van der Waals surface area contributed by atoms with Gasteiger partial charge in [0.25, 0.3) is 0 Å². The zero-order valence-electron chi connectivity index (χ0n) is 9.65. The molecule has 1 aliphatic rings. The maximum atomic E-state index is 12.2. The van der Waals surface area contributed by atoms with Gasteiger partial charge in [-0.25, -0.2) is 4.79 Å². The zero-order valence-corrected chi connectivity index (χ0v) is 10.5. The number of benzene rings is 1. The van der Waals surface area contributed by atoms with Crippen LogP contribution in [-0.2, 0) is 9.59 Å². The molecule has 6 heteroatoms. The van der Waals surface area contributed by atoms with E-state index in [0.29, 0.717) is 17.2 Å². The first-order valence-corrected chi connectivity index (χ1v) is 6.68. The molecule has 0 saturated carbocycles. The highest BCUT2D eigenvalue weighted by atomic mass is 32.2. The van der Waals surface area contributed by atoms with Crippen LogP contribution >= 0.6 is 11.8 Å². The van der Waals surface area contributed by atoms with Crippen LogP contribution in [0.3, 0.4) is 0 Å². The van der Waals surface area contributed by atoms with Crippen molar-refractivity contribution >= 4 is 23.6 Å². The standard InChI is InChI=1S/C12H14N2O3S/c13-10(8-4-2-1-3-5-8)11(15)14-7-18-6-9(14)12(16)17/h1-5,9-10H,6-7,13H2,(H,16,17). The maximum absolute atomic E-state index is 12.2. The highest BCUT2D eigenvalue weighted by Gasteiger charge is 2.36. The van der Waals surface area contributed by atoms with Crippen LogP contribution in [0.5, 0.6) is 0 Å². The van der Waals surface area contributed by atoms with Crippen molar-refractivity contribution in [2.24, 2.45) is 5.73 Å². The van der Waals surface area contributed by atoms with Crippen LogP contribution in [0.15, 0.2) is 30.3 Å². The third-order valence-corrected chi connectivity index (χ3v) is 3.89. The lowest BCUT2D eigenvalue weighted by Crippen LogP contribution is -2.45. The van der Waals surface area contributed by atoms with E-state index in [2.05, 4.69) is 0 Å². The number of carboxylic acid groups (broad SMARTS) is 1. The summed E-state index contributed by atoms with van der Waals surface area (Å²) in [5.74, 6) is -0.508. The first-order valence-electron chi connectivity index (χ1n) is 5.53. The second-order valence-electron chi connectivity index (χ2n) is 4.05. The van der Waals surface area contributed by atoms with Crippen LogP contribution in [0.25, 0.3) is 0 Å². The number of thioether (sulfide) groups is 1. The van der Waals surface area contributed by atoms with Crippen LogP contribution in [0.4, 0.5) is 0 Å². The number of nitrogens with zero attached hydrogens (tertiary/aromatic N) is 1. The predicted octanol–water partition coefficient (Wildman–Crippen LogP) is 0.672. The topological polar surface area (TPSA) is 83.6 Å². The molecule has 96 valence electrons. The Morgan fingerprint density at radius 2 is 2.06 bits per heavy atom. The van der Waals surface area contributed by atoms with Crippen molar-refractivity contribution in [1.29, 1.82) is 0 Å². The summed E-state index contributed by atoms with van der Waals surface area (Å²) >= 11 is 1.43. The lowest BCUT2D eigenvalue weighted by Gasteiger charge is -2.24. The van der Waals surface area contributed by atoms with Gasteiger partial charge in [0.05, 0.1) is 5.88 Å². The van der Waals surface area contributed by atoms with E-state index in [1.54, 1.807) is 24.3 Å². The number of carbonyl (C=O) groups excluding carboxylic acids is 1. The molecule has 2 unspecified atom stereocenters. The van der Waals surface area contributed by atoms with Gasteiger partial charge in [0.2, 0.25) is 5.91 Å². The van der Waals surface area contributed by atoms with E-state index in [4.69, 9.17) is 10.8 Å². The first-order chi connectivity index (χ1) is 8.61. The number of aliphatic carboxylic acids is 1. The van der Waals surface area contributed by atoms with Crippen LogP contribution in [0.2, 0.25) is 0 Å². The summed E-state index contributed by atoms with van der Waals surface area (Å²) < 4.78 is 0. The van der Waals surface area contributed by atoms with E-state index < -0.39 is 18.1 Å². The monoisotopic (exact) mass is 266 g/mol. The number of amides is 1. The van der Waals surface area contributed by atoms with Gasteiger partial charge in [-0.3, -0.25) is 4.79 Å². The maximum Gasteiger partial charge on any atom is 0.327 e. The minimum atomic E-state index is -0.978. The summed E-state index contributed by atoms with van der Waals surface area (Å²) in [4.78, 5) is 24.6. The fraction of sp³-hybridized carbons (Fsp3) is 0.333. The third-order valence-electron chi connectivity index (χ3n) is 2.88. The summed E-state index contributed by atoms with van der Waals surface area (Å²) in [7, 11) is 0. The summed E-state index contributed by atoms with van der Waals surface area (Å²) in [5, 5.41) is 9.04. The number of hydrogen-bond acceptors (Lipinski definition) is 4. The van der Waals surface area contributed by atoms with Gasteiger partial charge in [-0.1, -0.05) is 30.3 Å². The second kappa shape index (κ2) is 5.41. The normalized spacial score (nSPS) is 20.7. The van der Waals surface area contributed by atoms with Crippen LogP contribution in [0, 0.1) is 0 Å². The molecule has 3 N–H and O–H groups in total. The molecule has 1 amide bonds. The smallest absolute Gasteiger partial charge is 0.327 e. The lowest BCUT2D eigenvalue weighted by molar-refractivity contribution is -0.148. The molecule has 2 atom stereocenters. The Balaban J connectivity index is 2.14. The predicted molar refractivity (Wildman–Crippen MR) is 69.0 cm³/mol. The molecule has 18 heavy (non-hydrogen) atoms. The van der Waals surface area contributed by atoms with Crippen molar-refractivity contribution in [1.82, 2.24) is 4.90 Å². The van der Waals surface area contributed by atoms with Crippen molar-refractivity contribution in [3.8, 4) is 0 Å². The Labute approximate surface area is 109 Å². The van der Waals surface area contributed by atoms with E-state index in [9.17, 15) is 9.59 Å². The molecule has 1 fully saturated rings. The van der Waals surface area contributed by atoms with Crippen molar-refractivity contribution in [3.63, 3.8) is 0 Å². The molecule has 0 spiro atoms. The van der Waals surface area contributed by atoms with Crippen LogP contribution in [-0.4, -0.2) is 39.6 Å². The van der Waals surface area contributed by atoms with E-state index in [1.165, 1.54) is 16.7 Å². The molecular weight excluding hydrogens is 252 g/mol. The minimum absolute atomic E-state index is 0.335. The molecular formula is C12H14N2O3S.